The SMILES string of the molecule is Cc1ccc2nc(N3CC(C(=O)Nc4ccc(-n5cnnn5)cc4)C3)sc2c1. The van der Waals surface area contributed by atoms with Gasteiger partial charge in [0.05, 0.1) is 21.8 Å². The van der Waals surface area contributed by atoms with Crippen molar-refractivity contribution in [2.45, 2.75) is 6.92 Å². The molecular formula is C19H17N7OS. The quantitative estimate of drug-likeness (QED) is 0.575. The van der Waals surface area contributed by atoms with E-state index in [1.807, 2.05) is 30.3 Å². The lowest BCUT2D eigenvalue weighted by atomic mass is 10.00. The number of hydrogen-bond donors (Lipinski definition) is 1. The molecule has 1 amide bonds. The summed E-state index contributed by atoms with van der Waals surface area (Å²) >= 11 is 1.68. The lowest BCUT2D eigenvalue weighted by Gasteiger charge is -2.37. The van der Waals surface area contributed by atoms with E-state index < -0.39 is 0 Å². The molecule has 9 heteroatoms. The lowest BCUT2D eigenvalue weighted by molar-refractivity contribution is -0.120. The molecule has 0 spiro atoms. The van der Waals surface area contributed by atoms with Crippen molar-refractivity contribution in [3.63, 3.8) is 0 Å². The minimum Gasteiger partial charge on any atom is -0.346 e. The Kier molecular flexibility index (Phi) is 4.01. The Hall–Kier alpha value is -3.33. The molecule has 1 N–H and O–H groups in total. The zero-order valence-corrected chi connectivity index (χ0v) is 15.9. The first-order valence-electron chi connectivity index (χ1n) is 8.92. The number of carbonyl (C=O) groups is 1. The third-order valence-electron chi connectivity index (χ3n) is 4.80. The van der Waals surface area contributed by atoms with Gasteiger partial charge in [-0.15, -0.1) is 5.10 Å². The fraction of sp³-hybridized carbons (Fsp3) is 0.211. The number of benzene rings is 2. The van der Waals surface area contributed by atoms with Crippen LogP contribution in [0.15, 0.2) is 48.8 Å². The maximum atomic E-state index is 12.5. The summed E-state index contributed by atoms with van der Waals surface area (Å²) in [5, 5.41) is 15.0. The van der Waals surface area contributed by atoms with Crippen molar-refractivity contribution in [2.75, 3.05) is 23.3 Å². The highest BCUT2D eigenvalue weighted by Gasteiger charge is 2.34. The average molecular weight is 391 g/mol. The van der Waals surface area contributed by atoms with Crippen LogP contribution in [0.5, 0.6) is 0 Å². The minimum atomic E-state index is -0.0343. The number of rotatable bonds is 4. The Morgan fingerprint density at radius 2 is 2.00 bits per heavy atom. The van der Waals surface area contributed by atoms with E-state index in [0.717, 1.165) is 22.0 Å². The predicted molar refractivity (Wildman–Crippen MR) is 108 cm³/mol. The highest BCUT2D eigenvalue weighted by atomic mass is 32.1. The summed E-state index contributed by atoms with van der Waals surface area (Å²) in [6, 6.07) is 13.7. The van der Waals surface area contributed by atoms with Gasteiger partial charge in [0, 0.05) is 18.8 Å². The average Bonchev–Trinajstić information content (AvgIpc) is 3.30. The molecule has 1 aliphatic heterocycles. The summed E-state index contributed by atoms with van der Waals surface area (Å²) in [5.74, 6) is -0.00341. The van der Waals surface area contributed by atoms with Crippen LogP contribution in [0, 0.1) is 12.8 Å². The Balaban J connectivity index is 1.20. The van der Waals surface area contributed by atoms with Crippen LogP contribution < -0.4 is 10.2 Å². The molecule has 1 aliphatic rings. The maximum absolute atomic E-state index is 12.5. The molecule has 2 aromatic carbocycles. The second-order valence-electron chi connectivity index (χ2n) is 6.86. The molecule has 0 radical (unpaired) electrons. The van der Waals surface area contributed by atoms with E-state index in [-0.39, 0.29) is 11.8 Å². The zero-order valence-electron chi connectivity index (χ0n) is 15.1. The fourth-order valence-electron chi connectivity index (χ4n) is 3.18. The zero-order chi connectivity index (χ0) is 19.1. The molecule has 0 atom stereocenters. The molecule has 3 heterocycles. The summed E-state index contributed by atoms with van der Waals surface area (Å²) in [4.78, 5) is 19.3. The molecule has 0 unspecified atom stereocenters. The molecule has 0 saturated carbocycles. The van der Waals surface area contributed by atoms with E-state index in [1.165, 1.54) is 16.6 Å². The van der Waals surface area contributed by atoms with Gasteiger partial charge in [0.1, 0.15) is 6.33 Å². The van der Waals surface area contributed by atoms with Crippen molar-refractivity contribution < 1.29 is 4.79 Å². The smallest absolute Gasteiger partial charge is 0.231 e. The highest BCUT2D eigenvalue weighted by Crippen LogP contribution is 2.33. The summed E-state index contributed by atoms with van der Waals surface area (Å²) in [5.41, 5.74) is 3.84. The van der Waals surface area contributed by atoms with Crippen LogP contribution in [0.25, 0.3) is 15.9 Å². The summed E-state index contributed by atoms with van der Waals surface area (Å²) in [7, 11) is 0. The summed E-state index contributed by atoms with van der Waals surface area (Å²) in [6.45, 7) is 3.46. The van der Waals surface area contributed by atoms with E-state index in [0.29, 0.717) is 13.1 Å². The largest absolute Gasteiger partial charge is 0.346 e. The van der Waals surface area contributed by atoms with Crippen LogP contribution in [-0.2, 0) is 4.79 Å². The van der Waals surface area contributed by atoms with Crippen molar-refractivity contribution in [3.05, 3.63) is 54.4 Å². The number of aromatic nitrogens is 5. The molecule has 4 aromatic rings. The van der Waals surface area contributed by atoms with Crippen LogP contribution in [-0.4, -0.2) is 44.2 Å². The number of carbonyl (C=O) groups excluding carboxylic acids is 1. The fourth-order valence-corrected chi connectivity index (χ4v) is 4.26. The van der Waals surface area contributed by atoms with Crippen LogP contribution in [0.2, 0.25) is 0 Å². The Morgan fingerprint density at radius 3 is 2.75 bits per heavy atom. The molecular weight excluding hydrogens is 374 g/mol. The van der Waals surface area contributed by atoms with Crippen molar-refractivity contribution in [1.82, 2.24) is 25.2 Å². The molecule has 2 aromatic heterocycles. The van der Waals surface area contributed by atoms with Gasteiger partial charge in [0.2, 0.25) is 5.91 Å². The van der Waals surface area contributed by atoms with Gasteiger partial charge in [0.25, 0.3) is 0 Å². The van der Waals surface area contributed by atoms with Crippen molar-refractivity contribution in [3.8, 4) is 5.69 Å². The van der Waals surface area contributed by atoms with Crippen LogP contribution in [0.4, 0.5) is 10.8 Å². The highest BCUT2D eigenvalue weighted by molar-refractivity contribution is 7.22. The minimum absolute atomic E-state index is 0.0309. The molecule has 0 bridgehead atoms. The van der Waals surface area contributed by atoms with Gasteiger partial charge in [-0.3, -0.25) is 4.79 Å². The topological polar surface area (TPSA) is 88.8 Å². The first-order chi connectivity index (χ1) is 13.7. The molecule has 8 nitrogen and oxygen atoms in total. The van der Waals surface area contributed by atoms with Gasteiger partial charge in [0.15, 0.2) is 5.13 Å². The summed E-state index contributed by atoms with van der Waals surface area (Å²) < 4.78 is 2.75. The number of amides is 1. The van der Waals surface area contributed by atoms with E-state index in [9.17, 15) is 4.79 Å². The Morgan fingerprint density at radius 1 is 1.18 bits per heavy atom. The number of nitrogens with zero attached hydrogens (tertiary/aromatic N) is 6. The normalized spacial score (nSPS) is 14.2. The number of nitrogens with one attached hydrogen (secondary N) is 1. The first-order valence-corrected chi connectivity index (χ1v) is 9.74. The van der Waals surface area contributed by atoms with Gasteiger partial charge < -0.3 is 10.2 Å². The Bertz CT molecular complexity index is 1130. The second-order valence-corrected chi connectivity index (χ2v) is 7.87. The van der Waals surface area contributed by atoms with E-state index >= 15 is 0 Å². The van der Waals surface area contributed by atoms with Crippen molar-refractivity contribution in [1.29, 1.82) is 0 Å². The van der Waals surface area contributed by atoms with Crippen LogP contribution in [0.1, 0.15) is 5.56 Å². The van der Waals surface area contributed by atoms with E-state index in [1.54, 1.807) is 16.0 Å². The number of fused-ring (bicyclic) bond motifs is 1. The maximum Gasteiger partial charge on any atom is 0.231 e. The van der Waals surface area contributed by atoms with Gasteiger partial charge in [-0.1, -0.05) is 17.4 Å². The van der Waals surface area contributed by atoms with Crippen LogP contribution >= 0.6 is 11.3 Å². The lowest BCUT2D eigenvalue weighted by Crippen LogP contribution is -2.52. The van der Waals surface area contributed by atoms with Gasteiger partial charge in [-0.05, 0) is 59.3 Å². The monoisotopic (exact) mass is 391 g/mol. The molecule has 0 aliphatic carbocycles. The van der Waals surface area contributed by atoms with E-state index in [2.05, 4.69) is 49.8 Å². The first kappa shape index (κ1) is 16.8. The standard InChI is InChI=1S/C19H17N7OS/c1-12-2-7-16-17(8-12)28-19(22-16)25-9-13(10-25)18(27)21-14-3-5-15(6-4-14)26-11-20-23-24-26/h2-8,11,13H,9-10H2,1H3,(H,21,27). The van der Waals surface area contributed by atoms with Gasteiger partial charge in [-0.25, -0.2) is 9.67 Å². The molecule has 1 fully saturated rings. The number of aryl methyl sites for hydroxylation is 1. The number of hydrogen-bond acceptors (Lipinski definition) is 7. The molecule has 140 valence electrons. The summed E-state index contributed by atoms with van der Waals surface area (Å²) in [6.07, 6.45) is 1.53. The third kappa shape index (κ3) is 3.09. The molecule has 5 rings (SSSR count). The molecule has 1 saturated heterocycles. The molecule has 28 heavy (non-hydrogen) atoms. The Labute approximate surface area is 164 Å². The van der Waals surface area contributed by atoms with Gasteiger partial charge in [-0.2, -0.15) is 0 Å². The van der Waals surface area contributed by atoms with Crippen molar-refractivity contribution >= 4 is 38.3 Å². The van der Waals surface area contributed by atoms with E-state index in [4.69, 9.17) is 0 Å². The third-order valence-corrected chi connectivity index (χ3v) is 5.88. The van der Waals surface area contributed by atoms with Gasteiger partial charge >= 0.3 is 0 Å². The van der Waals surface area contributed by atoms with Crippen molar-refractivity contribution in [2.24, 2.45) is 5.92 Å². The second kappa shape index (κ2) is 6.68. The van der Waals surface area contributed by atoms with Crippen LogP contribution in [0.3, 0.4) is 0 Å². The number of tetrazole rings is 1. The number of anilines is 2. The predicted octanol–water partition coefficient (Wildman–Crippen LogP) is 2.66. The number of thiazole rings is 1.